The summed E-state index contributed by atoms with van der Waals surface area (Å²) in [7, 11) is 5.04. The van der Waals surface area contributed by atoms with E-state index in [0.29, 0.717) is 25.7 Å². The Balaban J connectivity index is 1.82. The number of ether oxygens (including phenoxy) is 2. The van der Waals surface area contributed by atoms with E-state index in [1.807, 2.05) is 30.1 Å². The van der Waals surface area contributed by atoms with Crippen molar-refractivity contribution in [2.75, 3.05) is 34.4 Å². The third-order valence-corrected chi connectivity index (χ3v) is 3.50. The Morgan fingerprint density at radius 3 is 2.84 bits per heavy atom. The molecule has 134 valence electrons. The molecule has 0 aliphatic heterocycles. The van der Waals surface area contributed by atoms with Gasteiger partial charge in [-0.05, 0) is 29.8 Å². The first-order valence-corrected chi connectivity index (χ1v) is 7.91. The van der Waals surface area contributed by atoms with Crippen LogP contribution in [-0.2, 0) is 6.54 Å². The van der Waals surface area contributed by atoms with Crippen molar-refractivity contribution >= 4 is 5.96 Å². The summed E-state index contributed by atoms with van der Waals surface area (Å²) >= 11 is 0. The summed E-state index contributed by atoms with van der Waals surface area (Å²) in [5, 5.41) is 3.21. The first-order valence-electron chi connectivity index (χ1n) is 7.91. The van der Waals surface area contributed by atoms with Crippen LogP contribution >= 0.6 is 0 Å². The number of aromatic nitrogens is 1. The van der Waals surface area contributed by atoms with Crippen LogP contribution in [0, 0.1) is 5.82 Å². The molecule has 0 aliphatic rings. The van der Waals surface area contributed by atoms with Gasteiger partial charge in [-0.1, -0.05) is 6.07 Å². The summed E-state index contributed by atoms with van der Waals surface area (Å²) in [5.41, 5.74) is 0.829. The van der Waals surface area contributed by atoms with E-state index in [0.717, 1.165) is 11.3 Å². The topological polar surface area (TPSA) is 59.0 Å². The lowest BCUT2D eigenvalue weighted by atomic mass is 10.2. The van der Waals surface area contributed by atoms with E-state index >= 15 is 0 Å². The van der Waals surface area contributed by atoms with Crippen LogP contribution in [0.15, 0.2) is 47.7 Å². The fourth-order valence-corrected chi connectivity index (χ4v) is 2.31. The normalized spacial score (nSPS) is 11.1. The molecule has 1 aromatic heterocycles. The molecule has 0 amide bonds. The molecule has 0 saturated heterocycles. The van der Waals surface area contributed by atoms with Gasteiger partial charge in [-0.15, -0.1) is 0 Å². The SMILES string of the molecule is CN=C(NCCOc1cccnc1)N(C)Cc1ccc(OC)c(F)c1. The third kappa shape index (κ3) is 5.63. The summed E-state index contributed by atoms with van der Waals surface area (Å²) in [6.45, 7) is 1.59. The highest BCUT2D eigenvalue weighted by Crippen LogP contribution is 2.18. The zero-order chi connectivity index (χ0) is 18.1. The van der Waals surface area contributed by atoms with Crippen LogP contribution in [-0.4, -0.2) is 50.2 Å². The van der Waals surface area contributed by atoms with Crippen LogP contribution in [0.2, 0.25) is 0 Å². The number of aliphatic imine (C=N–C) groups is 1. The Hall–Kier alpha value is -2.83. The van der Waals surface area contributed by atoms with E-state index in [-0.39, 0.29) is 11.6 Å². The minimum absolute atomic E-state index is 0.237. The molecular formula is C18H23FN4O2. The molecule has 1 N–H and O–H groups in total. The van der Waals surface area contributed by atoms with Gasteiger partial charge in [0.15, 0.2) is 17.5 Å². The molecule has 0 aliphatic carbocycles. The van der Waals surface area contributed by atoms with E-state index < -0.39 is 0 Å². The van der Waals surface area contributed by atoms with Gasteiger partial charge < -0.3 is 19.7 Å². The summed E-state index contributed by atoms with van der Waals surface area (Å²) < 4.78 is 24.3. The van der Waals surface area contributed by atoms with Crippen LogP contribution in [0.25, 0.3) is 0 Å². The Morgan fingerprint density at radius 2 is 2.20 bits per heavy atom. The summed E-state index contributed by atoms with van der Waals surface area (Å²) in [4.78, 5) is 10.1. The number of methoxy groups -OCH3 is 1. The average molecular weight is 346 g/mol. The smallest absolute Gasteiger partial charge is 0.193 e. The quantitative estimate of drug-likeness (QED) is 0.474. The molecule has 1 aromatic carbocycles. The summed E-state index contributed by atoms with van der Waals surface area (Å²) in [6.07, 6.45) is 3.36. The maximum Gasteiger partial charge on any atom is 0.193 e. The fourth-order valence-electron chi connectivity index (χ4n) is 2.31. The van der Waals surface area contributed by atoms with Crippen molar-refractivity contribution in [2.24, 2.45) is 4.99 Å². The van der Waals surface area contributed by atoms with Crippen molar-refractivity contribution in [3.05, 3.63) is 54.1 Å². The number of pyridine rings is 1. The average Bonchev–Trinajstić information content (AvgIpc) is 2.62. The van der Waals surface area contributed by atoms with Crippen molar-refractivity contribution in [3.63, 3.8) is 0 Å². The molecule has 0 unspecified atom stereocenters. The van der Waals surface area contributed by atoms with Gasteiger partial charge in [-0.3, -0.25) is 9.98 Å². The Kier molecular flexibility index (Phi) is 7.00. The van der Waals surface area contributed by atoms with Gasteiger partial charge in [0.05, 0.1) is 19.9 Å². The molecule has 25 heavy (non-hydrogen) atoms. The van der Waals surface area contributed by atoms with Gasteiger partial charge in [0.25, 0.3) is 0 Å². The molecule has 0 bridgehead atoms. The minimum Gasteiger partial charge on any atom is -0.494 e. The monoisotopic (exact) mass is 346 g/mol. The van der Waals surface area contributed by atoms with Gasteiger partial charge in [0.1, 0.15) is 12.4 Å². The molecule has 7 heteroatoms. The highest BCUT2D eigenvalue weighted by molar-refractivity contribution is 5.79. The number of hydrogen-bond acceptors (Lipinski definition) is 4. The third-order valence-electron chi connectivity index (χ3n) is 3.50. The van der Waals surface area contributed by atoms with Crippen LogP contribution in [0.1, 0.15) is 5.56 Å². The molecule has 2 aromatic rings. The number of nitrogens with zero attached hydrogens (tertiary/aromatic N) is 3. The zero-order valence-electron chi connectivity index (χ0n) is 14.7. The summed E-state index contributed by atoms with van der Waals surface area (Å²) in [5.74, 6) is 1.29. The predicted octanol–water partition coefficient (Wildman–Crippen LogP) is 2.32. The lowest BCUT2D eigenvalue weighted by molar-refractivity contribution is 0.318. The van der Waals surface area contributed by atoms with Crippen molar-refractivity contribution in [2.45, 2.75) is 6.54 Å². The molecule has 2 rings (SSSR count). The largest absolute Gasteiger partial charge is 0.494 e. The summed E-state index contributed by atoms with van der Waals surface area (Å²) in [6, 6.07) is 8.59. The molecule has 0 spiro atoms. The van der Waals surface area contributed by atoms with E-state index in [1.165, 1.54) is 13.2 Å². The Morgan fingerprint density at radius 1 is 1.36 bits per heavy atom. The number of guanidine groups is 1. The second-order valence-corrected chi connectivity index (χ2v) is 5.34. The van der Waals surface area contributed by atoms with Crippen LogP contribution in [0.3, 0.4) is 0 Å². The van der Waals surface area contributed by atoms with E-state index in [1.54, 1.807) is 25.5 Å². The Bertz CT molecular complexity index is 695. The highest BCUT2D eigenvalue weighted by Gasteiger charge is 2.09. The molecule has 1 heterocycles. The van der Waals surface area contributed by atoms with Crippen molar-refractivity contribution in [3.8, 4) is 11.5 Å². The second-order valence-electron chi connectivity index (χ2n) is 5.34. The van der Waals surface area contributed by atoms with Gasteiger partial charge in [-0.2, -0.15) is 0 Å². The standard InChI is InChI=1S/C18H23FN4O2/c1-20-18(22-9-10-25-15-5-4-8-21-12-15)23(2)13-14-6-7-17(24-3)16(19)11-14/h4-8,11-12H,9-10,13H2,1-3H3,(H,20,22). The zero-order valence-corrected chi connectivity index (χ0v) is 14.7. The second kappa shape index (κ2) is 9.46. The van der Waals surface area contributed by atoms with E-state index in [9.17, 15) is 4.39 Å². The number of rotatable bonds is 7. The minimum atomic E-state index is -0.374. The first-order chi connectivity index (χ1) is 12.1. The number of benzene rings is 1. The molecule has 6 nitrogen and oxygen atoms in total. The maximum absolute atomic E-state index is 13.8. The maximum atomic E-state index is 13.8. The van der Waals surface area contributed by atoms with Gasteiger partial charge in [0, 0.05) is 26.8 Å². The van der Waals surface area contributed by atoms with Crippen molar-refractivity contribution in [1.29, 1.82) is 0 Å². The molecular weight excluding hydrogens is 323 g/mol. The van der Waals surface area contributed by atoms with E-state index in [4.69, 9.17) is 9.47 Å². The first kappa shape index (κ1) is 18.5. The van der Waals surface area contributed by atoms with Gasteiger partial charge in [0.2, 0.25) is 0 Å². The lowest BCUT2D eigenvalue weighted by Gasteiger charge is -2.22. The van der Waals surface area contributed by atoms with Crippen LogP contribution in [0.5, 0.6) is 11.5 Å². The van der Waals surface area contributed by atoms with Gasteiger partial charge in [-0.25, -0.2) is 4.39 Å². The molecule has 0 radical (unpaired) electrons. The van der Waals surface area contributed by atoms with Crippen molar-refractivity contribution in [1.82, 2.24) is 15.2 Å². The highest BCUT2D eigenvalue weighted by atomic mass is 19.1. The number of nitrogens with one attached hydrogen (secondary N) is 1. The van der Waals surface area contributed by atoms with Crippen LogP contribution < -0.4 is 14.8 Å². The molecule has 0 fully saturated rings. The lowest BCUT2D eigenvalue weighted by Crippen LogP contribution is -2.40. The fraction of sp³-hybridized carbons (Fsp3) is 0.333. The van der Waals surface area contributed by atoms with Crippen molar-refractivity contribution < 1.29 is 13.9 Å². The molecule has 0 saturated carbocycles. The van der Waals surface area contributed by atoms with E-state index in [2.05, 4.69) is 15.3 Å². The van der Waals surface area contributed by atoms with Crippen LogP contribution in [0.4, 0.5) is 4.39 Å². The molecule has 0 atom stereocenters. The number of hydrogen-bond donors (Lipinski definition) is 1. The number of halogens is 1. The van der Waals surface area contributed by atoms with Gasteiger partial charge >= 0.3 is 0 Å². The predicted molar refractivity (Wildman–Crippen MR) is 95.5 cm³/mol. The Labute approximate surface area is 147 Å².